The molecule has 6 nitrogen and oxygen atoms in total. The number of hydrogen-bond acceptors (Lipinski definition) is 2. The molecule has 0 spiro atoms. The number of nitrogens with one attached hydrogen (secondary N) is 1. The number of rotatable bonds is 4. The molecule has 2 aromatic heterocycles. The zero-order valence-electron chi connectivity index (χ0n) is 14.6. The number of nitrogens with two attached hydrogens (primary N) is 1. The Morgan fingerprint density at radius 1 is 1.23 bits per heavy atom. The molecule has 0 aliphatic rings. The van der Waals surface area contributed by atoms with Crippen molar-refractivity contribution in [3.05, 3.63) is 60.4 Å². The third-order valence-electron chi connectivity index (χ3n) is 3.76. The van der Waals surface area contributed by atoms with E-state index in [1.54, 1.807) is 6.21 Å². The van der Waals surface area contributed by atoms with Gasteiger partial charge in [0.15, 0.2) is 5.69 Å². The molecular formula is C18H22Br2N6. The molecule has 26 heavy (non-hydrogen) atoms. The fourth-order valence-electron chi connectivity index (χ4n) is 2.57. The van der Waals surface area contributed by atoms with Crippen LogP contribution in [-0.2, 0) is 7.05 Å². The molecule has 0 saturated heterocycles. The van der Waals surface area contributed by atoms with Crippen molar-refractivity contribution >= 4 is 34.8 Å². The van der Waals surface area contributed by atoms with Crippen LogP contribution in [0.3, 0.4) is 0 Å². The van der Waals surface area contributed by atoms with Gasteiger partial charge in [-0.05, 0) is 30.7 Å². The van der Waals surface area contributed by atoms with Crippen LogP contribution in [-0.4, -0.2) is 23.3 Å². The van der Waals surface area contributed by atoms with Crippen molar-refractivity contribution in [2.24, 2.45) is 22.9 Å². The predicted molar refractivity (Wildman–Crippen MR) is 107 cm³/mol. The molecule has 8 heteroatoms. The summed E-state index contributed by atoms with van der Waals surface area (Å²) in [7, 11) is 2.07. The van der Waals surface area contributed by atoms with Crippen LogP contribution < -0.4 is 32.5 Å². The highest BCUT2D eigenvalue weighted by atomic mass is 79.9. The number of halogens is 2. The van der Waals surface area contributed by atoms with Crippen LogP contribution in [0.1, 0.15) is 12.5 Å². The molecule has 0 saturated carbocycles. The molecule has 3 N–H and O–H groups in total. The summed E-state index contributed by atoms with van der Waals surface area (Å²) < 4.78 is 4.29. The lowest BCUT2D eigenvalue weighted by Gasteiger charge is -2.00. The van der Waals surface area contributed by atoms with E-state index in [4.69, 9.17) is 5.73 Å². The van der Waals surface area contributed by atoms with Gasteiger partial charge < -0.3 is 22.7 Å². The number of aromatic nitrogens is 2. The average Bonchev–Trinajstić information content (AvgIpc) is 2.93. The number of fused-ring (bicyclic) bond motifs is 1. The SMILES string of the molecule is Br.CCN=C(N)N/N=C/c1ccc(-c2c[n+]3ccccc3n2C)cc1.[Br-]. The number of imidazole rings is 1. The van der Waals surface area contributed by atoms with Crippen LogP contribution >= 0.6 is 17.0 Å². The molecule has 0 radical (unpaired) electrons. The Kier molecular flexibility index (Phi) is 8.47. The van der Waals surface area contributed by atoms with E-state index in [0.717, 1.165) is 22.5 Å². The summed E-state index contributed by atoms with van der Waals surface area (Å²) in [4.78, 5) is 4.00. The zero-order valence-corrected chi connectivity index (χ0v) is 17.9. The summed E-state index contributed by atoms with van der Waals surface area (Å²) in [6, 6.07) is 14.4. The highest BCUT2D eigenvalue weighted by Gasteiger charge is 2.14. The van der Waals surface area contributed by atoms with E-state index in [1.165, 1.54) is 0 Å². The molecule has 3 aromatic rings. The summed E-state index contributed by atoms with van der Waals surface area (Å²) in [5, 5.41) is 4.07. The van der Waals surface area contributed by atoms with Crippen LogP contribution in [0.5, 0.6) is 0 Å². The second-order valence-corrected chi connectivity index (χ2v) is 5.39. The van der Waals surface area contributed by atoms with Crippen molar-refractivity contribution in [1.29, 1.82) is 0 Å². The Labute approximate surface area is 174 Å². The van der Waals surface area contributed by atoms with Gasteiger partial charge in [-0.2, -0.15) is 5.10 Å². The summed E-state index contributed by atoms with van der Waals surface area (Å²) in [5.74, 6) is 0.317. The lowest BCUT2D eigenvalue weighted by molar-refractivity contribution is -0.510. The Morgan fingerprint density at radius 2 is 1.96 bits per heavy atom. The maximum absolute atomic E-state index is 5.62. The summed E-state index contributed by atoms with van der Waals surface area (Å²) in [6.45, 7) is 2.55. The molecule has 0 amide bonds. The van der Waals surface area contributed by atoms with Gasteiger partial charge in [0, 0.05) is 18.2 Å². The normalized spacial score (nSPS) is 11.2. The number of nitrogens with zero attached hydrogens (tertiary/aromatic N) is 4. The van der Waals surface area contributed by atoms with Crippen molar-refractivity contribution in [2.45, 2.75) is 6.92 Å². The molecule has 0 bridgehead atoms. The number of aryl methyl sites for hydroxylation is 1. The summed E-state index contributed by atoms with van der Waals surface area (Å²) >= 11 is 0. The van der Waals surface area contributed by atoms with E-state index in [9.17, 15) is 0 Å². The quantitative estimate of drug-likeness (QED) is 0.223. The Hall–Kier alpha value is -2.19. The first-order chi connectivity index (χ1) is 11.7. The van der Waals surface area contributed by atoms with Crippen molar-refractivity contribution < 1.29 is 21.4 Å². The Balaban J connectivity index is 0.00000169. The van der Waals surface area contributed by atoms with Gasteiger partial charge in [0.1, 0.15) is 6.20 Å². The van der Waals surface area contributed by atoms with Crippen molar-refractivity contribution in [1.82, 2.24) is 9.99 Å². The molecule has 0 aliphatic heterocycles. The number of benzene rings is 1. The van der Waals surface area contributed by atoms with Gasteiger partial charge in [-0.25, -0.2) is 14.4 Å². The highest BCUT2D eigenvalue weighted by Crippen LogP contribution is 2.19. The predicted octanol–water partition coefficient (Wildman–Crippen LogP) is -0.729. The summed E-state index contributed by atoms with van der Waals surface area (Å²) in [6.07, 6.45) is 5.90. The van der Waals surface area contributed by atoms with Crippen LogP contribution in [0.15, 0.2) is 65.0 Å². The number of pyridine rings is 1. The molecule has 3 rings (SSSR count). The van der Waals surface area contributed by atoms with Crippen LogP contribution in [0.2, 0.25) is 0 Å². The minimum atomic E-state index is 0. The third-order valence-corrected chi connectivity index (χ3v) is 3.76. The van der Waals surface area contributed by atoms with Gasteiger partial charge in [-0.3, -0.25) is 4.99 Å². The minimum Gasteiger partial charge on any atom is -1.00 e. The maximum Gasteiger partial charge on any atom is 0.286 e. The van der Waals surface area contributed by atoms with Crippen molar-refractivity contribution in [3.63, 3.8) is 0 Å². The fourth-order valence-corrected chi connectivity index (χ4v) is 2.57. The zero-order chi connectivity index (χ0) is 16.9. The van der Waals surface area contributed by atoms with E-state index in [0.29, 0.717) is 12.5 Å². The van der Waals surface area contributed by atoms with Crippen molar-refractivity contribution in [3.8, 4) is 11.3 Å². The van der Waals surface area contributed by atoms with Gasteiger partial charge in [-0.15, -0.1) is 17.0 Å². The number of guanidine groups is 1. The first-order valence-corrected chi connectivity index (χ1v) is 7.84. The van der Waals surface area contributed by atoms with E-state index < -0.39 is 0 Å². The number of aliphatic imine (C=N–C) groups is 1. The lowest BCUT2D eigenvalue weighted by atomic mass is 10.1. The second-order valence-electron chi connectivity index (χ2n) is 5.39. The van der Waals surface area contributed by atoms with Gasteiger partial charge in [0.05, 0.1) is 19.5 Å². The molecule has 0 atom stereocenters. The molecule has 138 valence electrons. The monoisotopic (exact) mass is 480 g/mol. The highest BCUT2D eigenvalue weighted by molar-refractivity contribution is 8.93. The van der Waals surface area contributed by atoms with Gasteiger partial charge >= 0.3 is 0 Å². The van der Waals surface area contributed by atoms with E-state index in [1.807, 2.05) is 37.4 Å². The molecule has 1 aromatic carbocycles. The first-order valence-electron chi connectivity index (χ1n) is 7.84. The van der Waals surface area contributed by atoms with Gasteiger partial charge in [0.2, 0.25) is 5.96 Å². The van der Waals surface area contributed by atoms with E-state index in [2.05, 4.69) is 55.9 Å². The third kappa shape index (κ3) is 4.92. The van der Waals surface area contributed by atoms with Crippen LogP contribution in [0.25, 0.3) is 16.9 Å². The van der Waals surface area contributed by atoms with E-state index in [-0.39, 0.29) is 34.0 Å². The molecule has 0 aliphatic carbocycles. The summed E-state index contributed by atoms with van der Waals surface area (Å²) in [5.41, 5.74) is 12.8. The van der Waals surface area contributed by atoms with E-state index >= 15 is 0 Å². The Morgan fingerprint density at radius 3 is 2.62 bits per heavy atom. The smallest absolute Gasteiger partial charge is 0.286 e. The Bertz CT molecular complexity index is 900. The van der Waals surface area contributed by atoms with Crippen molar-refractivity contribution in [2.75, 3.05) is 6.54 Å². The fraction of sp³-hybridized carbons (Fsp3) is 0.167. The maximum atomic E-state index is 5.62. The first kappa shape index (κ1) is 21.9. The second kappa shape index (κ2) is 10.1. The van der Waals surface area contributed by atoms with Gasteiger partial charge in [-0.1, -0.05) is 18.2 Å². The molecule has 2 heterocycles. The van der Waals surface area contributed by atoms with Crippen LogP contribution in [0, 0.1) is 0 Å². The standard InChI is InChI=1S/C18H21N6.2BrH/c1-3-20-18(19)22-21-12-14-7-9-15(10-8-14)16-13-24-11-5-4-6-17(24)23(16)2;;/h4-13H,3H2,1-2H3,(H3,19,20,22);2*1H/q+1;;/p-1/b21-12+;;. The number of hydrazone groups is 1. The molecule has 0 fully saturated rings. The largest absolute Gasteiger partial charge is 1.00 e. The lowest BCUT2D eigenvalue weighted by Crippen LogP contribution is -3.00. The van der Waals surface area contributed by atoms with Gasteiger partial charge in [0.25, 0.3) is 5.65 Å². The topological polar surface area (TPSA) is 71.8 Å². The average molecular weight is 482 g/mol. The minimum absolute atomic E-state index is 0. The van der Waals surface area contributed by atoms with Crippen LogP contribution in [0.4, 0.5) is 0 Å². The number of hydrogen-bond donors (Lipinski definition) is 2. The molecule has 0 unspecified atom stereocenters. The molecular weight excluding hydrogens is 460 g/mol.